The van der Waals surface area contributed by atoms with E-state index in [1.54, 1.807) is 30.1 Å². The smallest absolute Gasteiger partial charge is 0.167 e. The molecule has 0 unspecified atom stereocenters. The van der Waals surface area contributed by atoms with E-state index in [4.69, 9.17) is 0 Å². The molecule has 0 saturated carbocycles. The third kappa shape index (κ3) is 2.28. The van der Waals surface area contributed by atoms with E-state index in [9.17, 15) is 10.1 Å². The summed E-state index contributed by atoms with van der Waals surface area (Å²) in [5.74, 6) is -0.0246. The summed E-state index contributed by atoms with van der Waals surface area (Å²) < 4.78 is 1.63. The van der Waals surface area contributed by atoms with Crippen LogP contribution in [0.1, 0.15) is 21.5 Å². The first kappa shape index (κ1) is 13.0. The molecule has 0 amide bonds. The molecule has 1 aromatic carbocycles. The summed E-state index contributed by atoms with van der Waals surface area (Å²) in [7, 11) is 1.78. The number of rotatable bonds is 3. The zero-order valence-electron chi connectivity index (χ0n) is 11.4. The van der Waals surface area contributed by atoms with E-state index in [-0.39, 0.29) is 12.2 Å². The minimum absolute atomic E-state index is 0.0246. The molecular weight excluding hydrogens is 264 g/mol. The minimum Gasteiger partial charge on any atom is -0.294 e. The van der Waals surface area contributed by atoms with Crippen LogP contribution in [0.3, 0.4) is 0 Å². The number of hydrogen-bond acceptors (Lipinski definition) is 4. The van der Waals surface area contributed by atoms with Crippen molar-refractivity contribution >= 4 is 16.8 Å². The van der Waals surface area contributed by atoms with Gasteiger partial charge in [0.15, 0.2) is 11.4 Å². The van der Waals surface area contributed by atoms with Crippen molar-refractivity contribution in [1.29, 1.82) is 5.26 Å². The van der Waals surface area contributed by atoms with Gasteiger partial charge in [0.2, 0.25) is 0 Å². The zero-order chi connectivity index (χ0) is 14.8. The number of Topliss-reactive ketones (excluding diaryl/α,β-unsaturated/α-hetero) is 1. The number of nitrogens with zero attached hydrogens (tertiary/aromatic N) is 4. The third-order valence-corrected chi connectivity index (χ3v) is 3.43. The third-order valence-electron chi connectivity index (χ3n) is 3.43. The number of fused-ring (bicyclic) bond motifs is 1. The lowest BCUT2D eigenvalue weighted by Gasteiger charge is -2.05. The van der Waals surface area contributed by atoms with E-state index < -0.39 is 0 Å². The second-order valence-corrected chi connectivity index (χ2v) is 4.73. The van der Waals surface area contributed by atoms with E-state index >= 15 is 0 Å². The molecule has 102 valence electrons. The fraction of sp³-hybridized carbons (Fsp3) is 0.125. The molecule has 3 aromatic rings. The van der Waals surface area contributed by atoms with Crippen LogP contribution < -0.4 is 0 Å². The Morgan fingerprint density at radius 1 is 1.29 bits per heavy atom. The molecule has 0 atom stereocenters. The largest absolute Gasteiger partial charge is 0.294 e. The second-order valence-electron chi connectivity index (χ2n) is 4.73. The van der Waals surface area contributed by atoms with Crippen LogP contribution in [0, 0.1) is 11.3 Å². The minimum atomic E-state index is -0.0246. The van der Waals surface area contributed by atoms with Crippen LogP contribution in [-0.2, 0) is 13.5 Å². The molecule has 0 aliphatic rings. The lowest BCUT2D eigenvalue weighted by Crippen LogP contribution is -2.06. The highest BCUT2D eigenvalue weighted by Crippen LogP contribution is 2.21. The van der Waals surface area contributed by atoms with Gasteiger partial charge in [-0.1, -0.05) is 30.3 Å². The Morgan fingerprint density at radius 3 is 2.76 bits per heavy atom. The van der Waals surface area contributed by atoms with Crippen molar-refractivity contribution in [3.63, 3.8) is 0 Å². The number of carbonyl (C=O) groups is 1. The van der Waals surface area contributed by atoms with E-state index in [0.717, 1.165) is 5.39 Å². The van der Waals surface area contributed by atoms with Gasteiger partial charge in [-0.05, 0) is 5.56 Å². The van der Waals surface area contributed by atoms with E-state index in [1.807, 2.05) is 18.2 Å². The number of hydrogen-bond donors (Lipinski definition) is 0. The van der Waals surface area contributed by atoms with Crippen LogP contribution in [0.4, 0.5) is 0 Å². The van der Waals surface area contributed by atoms with Gasteiger partial charge in [0, 0.05) is 30.6 Å². The lowest BCUT2D eigenvalue weighted by atomic mass is 9.98. The van der Waals surface area contributed by atoms with Crippen LogP contribution >= 0.6 is 0 Å². The monoisotopic (exact) mass is 276 g/mol. The Bertz CT molecular complexity index is 859. The van der Waals surface area contributed by atoms with Gasteiger partial charge < -0.3 is 0 Å². The van der Waals surface area contributed by atoms with Crippen molar-refractivity contribution in [3.8, 4) is 6.07 Å². The van der Waals surface area contributed by atoms with Crippen molar-refractivity contribution in [2.24, 2.45) is 7.05 Å². The summed E-state index contributed by atoms with van der Waals surface area (Å²) >= 11 is 0. The van der Waals surface area contributed by atoms with Gasteiger partial charge >= 0.3 is 0 Å². The maximum Gasteiger partial charge on any atom is 0.167 e. The maximum absolute atomic E-state index is 12.4. The van der Waals surface area contributed by atoms with Crippen molar-refractivity contribution in [2.45, 2.75) is 6.42 Å². The Hall–Kier alpha value is -3.00. The summed E-state index contributed by atoms with van der Waals surface area (Å²) in [6.07, 6.45) is 3.31. The van der Waals surface area contributed by atoms with Gasteiger partial charge in [-0.15, -0.1) is 0 Å². The van der Waals surface area contributed by atoms with Crippen LogP contribution in [0.2, 0.25) is 0 Å². The number of ketones is 1. The first-order valence-electron chi connectivity index (χ1n) is 6.48. The molecule has 0 saturated heterocycles. The first-order chi connectivity index (χ1) is 10.2. The highest BCUT2D eigenvalue weighted by atomic mass is 16.1. The van der Waals surface area contributed by atoms with Crippen molar-refractivity contribution in [3.05, 3.63) is 59.4 Å². The van der Waals surface area contributed by atoms with E-state index in [2.05, 4.69) is 16.2 Å². The average molecular weight is 276 g/mol. The first-order valence-corrected chi connectivity index (χ1v) is 6.48. The van der Waals surface area contributed by atoms with Crippen LogP contribution in [-0.4, -0.2) is 20.5 Å². The Kier molecular flexibility index (Phi) is 3.20. The molecule has 0 aliphatic heterocycles. The molecule has 2 heterocycles. The molecule has 0 bridgehead atoms. The molecule has 21 heavy (non-hydrogen) atoms. The lowest BCUT2D eigenvalue weighted by molar-refractivity contribution is 0.0993. The zero-order valence-corrected chi connectivity index (χ0v) is 11.4. The van der Waals surface area contributed by atoms with E-state index in [1.165, 1.54) is 6.20 Å². The number of nitriles is 1. The number of benzene rings is 1. The summed E-state index contributed by atoms with van der Waals surface area (Å²) in [6.45, 7) is 0. The average Bonchev–Trinajstić information content (AvgIpc) is 2.90. The van der Waals surface area contributed by atoms with E-state index in [0.29, 0.717) is 22.3 Å². The summed E-state index contributed by atoms with van der Waals surface area (Å²) in [6, 6.07) is 11.2. The van der Waals surface area contributed by atoms with Crippen LogP contribution in [0.15, 0.2) is 42.7 Å². The molecule has 2 aromatic heterocycles. The van der Waals surface area contributed by atoms with Gasteiger partial charge in [-0.3, -0.25) is 9.48 Å². The van der Waals surface area contributed by atoms with Gasteiger partial charge in [-0.2, -0.15) is 10.4 Å². The number of aryl methyl sites for hydroxylation is 1. The molecule has 0 N–H and O–H groups in total. The predicted octanol–water partition coefficient (Wildman–Crippen LogP) is 2.27. The highest BCUT2D eigenvalue weighted by molar-refractivity contribution is 6.00. The van der Waals surface area contributed by atoms with Gasteiger partial charge in [0.25, 0.3) is 0 Å². The molecule has 0 radical (unpaired) electrons. The van der Waals surface area contributed by atoms with Crippen LogP contribution in [0.25, 0.3) is 11.0 Å². The fourth-order valence-electron chi connectivity index (χ4n) is 2.32. The normalized spacial score (nSPS) is 10.5. The molecule has 3 rings (SSSR count). The summed E-state index contributed by atoms with van der Waals surface area (Å²) in [5.41, 5.74) is 2.41. The molecule has 0 spiro atoms. The van der Waals surface area contributed by atoms with Crippen molar-refractivity contribution in [2.75, 3.05) is 0 Å². The fourth-order valence-corrected chi connectivity index (χ4v) is 2.32. The van der Waals surface area contributed by atoms with Gasteiger partial charge in [-0.25, -0.2) is 4.98 Å². The van der Waals surface area contributed by atoms with Gasteiger partial charge in [0.05, 0.1) is 11.8 Å². The Morgan fingerprint density at radius 2 is 2.05 bits per heavy atom. The van der Waals surface area contributed by atoms with Crippen LogP contribution in [0.5, 0.6) is 0 Å². The topological polar surface area (TPSA) is 71.6 Å². The second kappa shape index (κ2) is 5.17. The molecular formula is C16H12N4O. The van der Waals surface area contributed by atoms with Crippen molar-refractivity contribution in [1.82, 2.24) is 14.8 Å². The molecule has 5 nitrogen and oxygen atoms in total. The molecule has 0 aliphatic carbocycles. The molecule has 5 heteroatoms. The summed E-state index contributed by atoms with van der Waals surface area (Å²) in [4.78, 5) is 16.6. The Balaban J connectivity index is 2.08. The standard InChI is InChI=1S/C16H12N4O/c1-20-16-14(10-19-20)13(12(8-17)9-18-16)7-15(21)11-5-3-2-4-6-11/h2-6,9-10H,7H2,1H3. The molecule has 0 fully saturated rings. The number of aromatic nitrogens is 3. The number of pyridine rings is 1. The summed E-state index contributed by atoms with van der Waals surface area (Å²) in [5, 5.41) is 14.1. The van der Waals surface area contributed by atoms with Gasteiger partial charge in [0.1, 0.15) is 6.07 Å². The SMILES string of the molecule is Cn1ncc2c(CC(=O)c3ccccc3)c(C#N)cnc21. The highest BCUT2D eigenvalue weighted by Gasteiger charge is 2.16. The van der Waals surface area contributed by atoms with Crippen molar-refractivity contribution < 1.29 is 4.79 Å². The number of carbonyl (C=O) groups excluding carboxylic acids is 1. The Labute approximate surface area is 121 Å². The predicted molar refractivity (Wildman–Crippen MR) is 77.7 cm³/mol. The quantitative estimate of drug-likeness (QED) is 0.688. The maximum atomic E-state index is 12.4.